The molecule has 3 nitrogen and oxygen atoms in total. The third-order valence-corrected chi connectivity index (χ3v) is 3.24. The maximum atomic E-state index is 11.7. The molecule has 0 aromatic heterocycles. The smallest absolute Gasteiger partial charge is 0.224 e. The van der Waals surface area contributed by atoms with Crippen molar-refractivity contribution < 1.29 is 4.79 Å². The van der Waals surface area contributed by atoms with Crippen LogP contribution in [0.5, 0.6) is 0 Å². The van der Waals surface area contributed by atoms with E-state index in [1.165, 1.54) is 12.0 Å². The molecule has 1 aromatic carbocycles. The summed E-state index contributed by atoms with van der Waals surface area (Å²) in [5.41, 5.74) is 2.31. The Labute approximate surface area is 115 Å². The summed E-state index contributed by atoms with van der Waals surface area (Å²) in [5, 5.41) is 6.31. The third kappa shape index (κ3) is 4.67. The fraction of sp³-hybridized carbons (Fsp3) is 0.500. The summed E-state index contributed by atoms with van der Waals surface area (Å²) in [4.78, 5) is 11.7. The Kier molecular flexibility index (Phi) is 6.16. The van der Waals surface area contributed by atoms with E-state index in [4.69, 9.17) is 0 Å². The summed E-state index contributed by atoms with van der Waals surface area (Å²) >= 11 is 0. The maximum absolute atomic E-state index is 11.7. The van der Waals surface area contributed by atoms with Gasteiger partial charge in [0.1, 0.15) is 0 Å². The maximum Gasteiger partial charge on any atom is 0.224 e. The zero-order valence-corrected chi connectivity index (χ0v) is 11.6. The van der Waals surface area contributed by atoms with Gasteiger partial charge in [-0.05, 0) is 37.9 Å². The normalized spacial score (nSPS) is 18.2. The minimum atomic E-state index is 0. The highest BCUT2D eigenvalue weighted by Crippen LogP contribution is 2.06. The monoisotopic (exact) mass is 268 g/mol. The van der Waals surface area contributed by atoms with E-state index in [9.17, 15) is 4.79 Å². The molecule has 1 unspecified atom stereocenters. The highest BCUT2D eigenvalue weighted by Gasteiger charge is 2.14. The number of nitrogens with one attached hydrogen (secondary N) is 2. The molecule has 1 aliphatic heterocycles. The minimum Gasteiger partial charge on any atom is -0.355 e. The van der Waals surface area contributed by atoms with Gasteiger partial charge in [-0.25, -0.2) is 0 Å². The summed E-state index contributed by atoms with van der Waals surface area (Å²) in [7, 11) is 0. The van der Waals surface area contributed by atoms with Crippen LogP contribution in [-0.2, 0) is 11.2 Å². The Bertz CT molecular complexity index is 372. The molecule has 1 aromatic rings. The Morgan fingerprint density at radius 2 is 2.11 bits per heavy atom. The van der Waals surface area contributed by atoms with E-state index in [1.807, 2.05) is 24.3 Å². The quantitative estimate of drug-likeness (QED) is 0.873. The molecule has 2 N–H and O–H groups in total. The average Bonchev–Trinajstić information content (AvgIpc) is 2.83. The molecule has 0 aliphatic carbocycles. The molecule has 1 atom stereocenters. The number of carbonyl (C=O) groups is 1. The molecule has 1 amide bonds. The van der Waals surface area contributed by atoms with Crippen molar-refractivity contribution in [3.63, 3.8) is 0 Å². The SMILES string of the molecule is Cc1ccc(CC(=O)NCC2CCNC2)cc1.Cl. The predicted molar refractivity (Wildman–Crippen MR) is 76.1 cm³/mol. The van der Waals surface area contributed by atoms with Crippen LogP contribution in [0.4, 0.5) is 0 Å². The zero-order chi connectivity index (χ0) is 12.1. The molecule has 0 saturated carbocycles. The highest BCUT2D eigenvalue weighted by atomic mass is 35.5. The molecule has 0 bridgehead atoms. The summed E-state index contributed by atoms with van der Waals surface area (Å²) in [6.07, 6.45) is 1.66. The van der Waals surface area contributed by atoms with Gasteiger partial charge in [0, 0.05) is 6.54 Å². The molecular weight excluding hydrogens is 248 g/mol. The van der Waals surface area contributed by atoms with Crippen LogP contribution in [0, 0.1) is 12.8 Å². The van der Waals surface area contributed by atoms with Gasteiger partial charge in [0.15, 0.2) is 0 Å². The van der Waals surface area contributed by atoms with Crippen molar-refractivity contribution in [2.24, 2.45) is 5.92 Å². The number of benzene rings is 1. The van der Waals surface area contributed by atoms with Gasteiger partial charge < -0.3 is 10.6 Å². The molecule has 100 valence electrons. The van der Waals surface area contributed by atoms with Gasteiger partial charge >= 0.3 is 0 Å². The lowest BCUT2D eigenvalue weighted by Gasteiger charge is -2.10. The van der Waals surface area contributed by atoms with Crippen LogP contribution in [0.2, 0.25) is 0 Å². The van der Waals surface area contributed by atoms with Gasteiger partial charge in [-0.2, -0.15) is 0 Å². The summed E-state index contributed by atoms with van der Waals surface area (Å²) in [6, 6.07) is 8.13. The first-order chi connectivity index (χ1) is 8.24. The molecule has 0 radical (unpaired) electrons. The van der Waals surface area contributed by atoms with Crippen molar-refractivity contribution >= 4 is 18.3 Å². The first-order valence-corrected chi connectivity index (χ1v) is 6.27. The molecule has 18 heavy (non-hydrogen) atoms. The van der Waals surface area contributed by atoms with Crippen LogP contribution in [0.25, 0.3) is 0 Å². The molecule has 1 aliphatic rings. The number of amides is 1. The van der Waals surface area contributed by atoms with Crippen LogP contribution in [-0.4, -0.2) is 25.5 Å². The fourth-order valence-corrected chi connectivity index (χ4v) is 2.10. The molecule has 0 spiro atoms. The second kappa shape index (κ2) is 7.39. The third-order valence-electron chi connectivity index (χ3n) is 3.24. The predicted octanol–water partition coefficient (Wildman–Crippen LogP) is 1.69. The lowest BCUT2D eigenvalue weighted by Crippen LogP contribution is -2.31. The number of aryl methyl sites for hydroxylation is 1. The van der Waals surface area contributed by atoms with Gasteiger partial charge in [0.25, 0.3) is 0 Å². The molecule has 4 heteroatoms. The molecule has 1 heterocycles. The Balaban J connectivity index is 0.00000162. The topological polar surface area (TPSA) is 41.1 Å². The first kappa shape index (κ1) is 15.0. The van der Waals surface area contributed by atoms with Crippen molar-refractivity contribution in [3.05, 3.63) is 35.4 Å². The van der Waals surface area contributed by atoms with Crippen LogP contribution in [0.15, 0.2) is 24.3 Å². The van der Waals surface area contributed by atoms with Crippen molar-refractivity contribution in [2.75, 3.05) is 19.6 Å². The number of hydrogen-bond donors (Lipinski definition) is 2. The van der Waals surface area contributed by atoms with Gasteiger partial charge in [0.2, 0.25) is 5.91 Å². The Morgan fingerprint density at radius 1 is 1.39 bits per heavy atom. The fourth-order valence-electron chi connectivity index (χ4n) is 2.10. The van der Waals surface area contributed by atoms with Gasteiger partial charge in [0.05, 0.1) is 6.42 Å². The van der Waals surface area contributed by atoms with Gasteiger partial charge in [-0.3, -0.25) is 4.79 Å². The number of halogens is 1. The Hall–Kier alpha value is -1.06. The van der Waals surface area contributed by atoms with Gasteiger partial charge in [-0.15, -0.1) is 12.4 Å². The minimum absolute atomic E-state index is 0. The van der Waals surface area contributed by atoms with E-state index in [1.54, 1.807) is 0 Å². The lowest BCUT2D eigenvalue weighted by atomic mass is 10.1. The molecule has 2 rings (SSSR count). The number of rotatable bonds is 4. The number of hydrogen-bond acceptors (Lipinski definition) is 2. The van der Waals surface area contributed by atoms with E-state index in [2.05, 4.69) is 17.6 Å². The average molecular weight is 269 g/mol. The van der Waals surface area contributed by atoms with E-state index in [0.717, 1.165) is 25.2 Å². The van der Waals surface area contributed by atoms with Crippen LogP contribution in [0.3, 0.4) is 0 Å². The van der Waals surface area contributed by atoms with Crippen molar-refractivity contribution in [3.8, 4) is 0 Å². The lowest BCUT2D eigenvalue weighted by molar-refractivity contribution is -0.120. The van der Waals surface area contributed by atoms with Crippen molar-refractivity contribution in [1.29, 1.82) is 0 Å². The highest BCUT2D eigenvalue weighted by molar-refractivity contribution is 5.85. The van der Waals surface area contributed by atoms with Crippen LogP contribution in [0.1, 0.15) is 17.5 Å². The van der Waals surface area contributed by atoms with E-state index < -0.39 is 0 Å². The molecular formula is C14H21ClN2O. The number of carbonyl (C=O) groups excluding carboxylic acids is 1. The largest absolute Gasteiger partial charge is 0.355 e. The second-order valence-electron chi connectivity index (χ2n) is 4.83. The van der Waals surface area contributed by atoms with Gasteiger partial charge in [-0.1, -0.05) is 29.8 Å². The van der Waals surface area contributed by atoms with Crippen LogP contribution >= 0.6 is 12.4 Å². The summed E-state index contributed by atoms with van der Waals surface area (Å²) in [6.45, 7) is 4.97. The molecule has 1 saturated heterocycles. The van der Waals surface area contributed by atoms with Crippen molar-refractivity contribution in [2.45, 2.75) is 19.8 Å². The van der Waals surface area contributed by atoms with Crippen molar-refractivity contribution in [1.82, 2.24) is 10.6 Å². The Morgan fingerprint density at radius 3 is 2.72 bits per heavy atom. The zero-order valence-electron chi connectivity index (χ0n) is 10.7. The first-order valence-electron chi connectivity index (χ1n) is 6.27. The summed E-state index contributed by atoms with van der Waals surface area (Å²) in [5.74, 6) is 0.734. The van der Waals surface area contributed by atoms with E-state index in [-0.39, 0.29) is 18.3 Å². The van der Waals surface area contributed by atoms with E-state index >= 15 is 0 Å². The van der Waals surface area contributed by atoms with E-state index in [0.29, 0.717) is 12.3 Å². The standard InChI is InChI=1S/C14H20N2O.ClH/c1-11-2-4-12(5-3-11)8-14(17)16-10-13-6-7-15-9-13;/h2-5,13,15H,6-10H2,1H3,(H,16,17);1H. The second-order valence-corrected chi connectivity index (χ2v) is 4.83. The van der Waals surface area contributed by atoms with Crippen LogP contribution < -0.4 is 10.6 Å². The summed E-state index contributed by atoms with van der Waals surface area (Å²) < 4.78 is 0. The molecule has 1 fully saturated rings.